The van der Waals surface area contributed by atoms with E-state index in [4.69, 9.17) is 0 Å². The number of halogens is 8. The molecule has 0 spiro atoms. The van der Waals surface area contributed by atoms with E-state index < -0.39 is 35.3 Å². The molecule has 1 N–H and O–H groups in total. The van der Waals surface area contributed by atoms with Crippen LogP contribution in [0.15, 0.2) is 18.2 Å². The smallest absolute Gasteiger partial charge is 0.314 e. The van der Waals surface area contributed by atoms with E-state index in [1.807, 2.05) is 0 Å². The van der Waals surface area contributed by atoms with Gasteiger partial charge >= 0.3 is 12.4 Å². The molecule has 0 aliphatic carbocycles. The summed E-state index contributed by atoms with van der Waals surface area (Å²) in [6.07, 6.45) is -9.79. The molecule has 1 fully saturated rings. The van der Waals surface area contributed by atoms with Crippen molar-refractivity contribution in [1.29, 1.82) is 0 Å². The Bertz CT molecular complexity index is 524. The largest absolute Gasteiger partial charge is 0.419 e. The molecule has 1 aliphatic heterocycles. The molecule has 2 rings (SSSR count). The van der Waals surface area contributed by atoms with Crippen molar-refractivity contribution in [2.24, 2.45) is 0 Å². The third-order valence-electron chi connectivity index (χ3n) is 3.44. The predicted molar refractivity (Wildman–Crippen MR) is 71.9 cm³/mol. The van der Waals surface area contributed by atoms with Crippen LogP contribution in [0.5, 0.6) is 0 Å². The number of alkyl halides is 6. The molecular weight excluding hydrogens is 353 g/mol. The summed E-state index contributed by atoms with van der Waals surface area (Å²) < 4.78 is 91.1. The van der Waals surface area contributed by atoms with Crippen molar-refractivity contribution in [2.75, 3.05) is 26.2 Å². The SMILES string of the molecule is Cl.Fc1ccc([C@H](N2CCNCC2)C(F)(F)F)cc1C(F)(F)F. The van der Waals surface area contributed by atoms with Gasteiger partial charge in [-0.1, -0.05) is 6.07 Å². The Morgan fingerprint density at radius 2 is 1.57 bits per heavy atom. The first-order chi connectivity index (χ1) is 10.1. The van der Waals surface area contributed by atoms with E-state index in [1.54, 1.807) is 0 Å². The summed E-state index contributed by atoms with van der Waals surface area (Å²) in [5.74, 6) is -1.59. The van der Waals surface area contributed by atoms with Crippen LogP contribution in [0.1, 0.15) is 17.2 Å². The van der Waals surface area contributed by atoms with Crippen molar-refractivity contribution in [2.45, 2.75) is 18.4 Å². The van der Waals surface area contributed by atoms with Crippen LogP contribution in [0.3, 0.4) is 0 Å². The van der Waals surface area contributed by atoms with Gasteiger partial charge in [-0.15, -0.1) is 12.4 Å². The van der Waals surface area contributed by atoms with Crippen LogP contribution in [0.4, 0.5) is 30.7 Å². The van der Waals surface area contributed by atoms with Gasteiger partial charge < -0.3 is 5.32 Å². The van der Waals surface area contributed by atoms with Gasteiger partial charge in [-0.3, -0.25) is 4.90 Å². The van der Waals surface area contributed by atoms with Crippen LogP contribution in [-0.4, -0.2) is 37.3 Å². The van der Waals surface area contributed by atoms with Crippen molar-refractivity contribution in [3.8, 4) is 0 Å². The van der Waals surface area contributed by atoms with Crippen molar-refractivity contribution < 1.29 is 30.7 Å². The van der Waals surface area contributed by atoms with Crippen molar-refractivity contribution in [3.63, 3.8) is 0 Å². The van der Waals surface area contributed by atoms with E-state index in [-0.39, 0.29) is 31.6 Å². The second-order valence-corrected chi connectivity index (χ2v) is 4.97. The summed E-state index contributed by atoms with van der Waals surface area (Å²) >= 11 is 0. The van der Waals surface area contributed by atoms with Crippen LogP contribution in [0, 0.1) is 5.82 Å². The van der Waals surface area contributed by atoms with Gasteiger partial charge in [-0.25, -0.2) is 4.39 Å². The zero-order valence-corrected chi connectivity index (χ0v) is 12.5. The molecule has 1 heterocycles. The number of hydrogen-bond donors (Lipinski definition) is 1. The molecule has 1 saturated heterocycles. The van der Waals surface area contributed by atoms with Gasteiger partial charge in [0, 0.05) is 26.2 Å². The Kier molecular flexibility index (Phi) is 6.28. The van der Waals surface area contributed by atoms with Gasteiger partial charge in [0.2, 0.25) is 0 Å². The maximum absolute atomic E-state index is 13.3. The van der Waals surface area contributed by atoms with Crippen LogP contribution < -0.4 is 5.32 Å². The molecule has 132 valence electrons. The second kappa shape index (κ2) is 7.23. The number of nitrogens with zero attached hydrogens (tertiary/aromatic N) is 1. The zero-order chi connectivity index (χ0) is 16.5. The molecule has 1 aliphatic rings. The minimum Gasteiger partial charge on any atom is -0.314 e. The third-order valence-corrected chi connectivity index (χ3v) is 3.44. The number of benzene rings is 1. The fourth-order valence-corrected chi connectivity index (χ4v) is 2.48. The van der Waals surface area contributed by atoms with E-state index in [2.05, 4.69) is 5.32 Å². The van der Waals surface area contributed by atoms with Crippen LogP contribution >= 0.6 is 12.4 Å². The molecule has 0 amide bonds. The molecule has 1 aromatic carbocycles. The highest BCUT2D eigenvalue weighted by molar-refractivity contribution is 5.85. The molecule has 0 aromatic heterocycles. The Hall–Kier alpha value is -1.06. The fourth-order valence-electron chi connectivity index (χ4n) is 2.48. The van der Waals surface area contributed by atoms with Gasteiger partial charge in [-0.2, -0.15) is 26.3 Å². The maximum Gasteiger partial charge on any atom is 0.419 e. The van der Waals surface area contributed by atoms with Crippen molar-refractivity contribution >= 4 is 12.4 Å². The first-order valence-electron chi connectivity index (χ1n) is 6.49. The summed E-state index contributed by atoms with van der Waals surface area (Å²) in [6, 6.07) is -0.754. The normalized spacial score (nSPS) is 18.4. The first-order valence-corrected chi connectivity index (χ1v) is 6.49. The average Bonchev–Trinajstić information content (AvgIpc) is 2.39. The van der Waals surface area contributed by atoms with Gasteiger partial charge in [-0.05, 0) is 17.7 Å². The lowest BCUT2D eigenvalue weighted by molar-refractivity contribution is -0.188. The minimum absolute atomic E-state index is 0. The van der Waals surface area contributed by atoms with Gasteiger partial charge in [0.15, 0.2) is 0 Å². The zero-order valence-electron chi connectivity index (χ0n) is 11.6. The molecule has 10 heteroatoms. The lowest BCUT2D eigenvalue weighted by atomic mass is 10.0. The average molecular weight is 367 g/mol. The highest BCUT2D eigenvalue weighted by Crippen LogP contribution is 2.40. The molecule has 0 unspecified atom stereocenters. The quantitative estimate of drug-likeness (QED) is 0.802. The van der Waals surface area contributed by atoms with Gasteiger partial charge in [0.05, 0.1) is 5.56 Å². The van der Waals surface area contributed by atoms with Crippen LogP contribution in [-0.2, 0) is 6.18 Å². The lowest BCUT2D eigenvalue weighted by Gasteiger charge is -2.36. The number of rotatable bonds is 2. The highest BCUT2D eigenvalue weighted by atomic mass is 35.5. The second-order valence-electron chi connectivity index (χ2n) is 4.97. The summed E-state index contributed by atoms with van der Waals surface area (Å²) in [5.41, 5.74) is -2.29. The number of nitrogens with one attached hydrogen (secondary N) is 1. The summed E-state index contributed by atoms with van der Waals surface area (Å²) in [7, 11) is 0. The molecule has 0 saturated carbocycles. The molecule has 0 bridgehead atoms. The van der Waals surface area contributed by atoms with Crippen molar-refractivity contribution in [3.05, 3.63) is 35.1 Å². The summed E-state index contributed by atoms with van der Waals surface area (Å²) in [4.78, 5) is 1.05. The Morgan fingerprint density at radius 3 is 2.04 bits per heavy atom. The van der Waals surface area contributed by atoms with E-state index in [0.29, 0.717) is 19.2 Å². The van der Waals surface area contributed by atoms with E-state index in [1.165, 1.54) is 0 Å². The Labute approximate surface area is 134 Å². The Morgan fingerprint density at radius 1 is 1.00 bits per heavy atom. The molecular formula is C13H14ClF7N2. The van der Waals surface area contributed by atoms with Crippen LogP contribution in [0.25, 0.3) is 0 Å². The van der Waals surface area contributed by atoms with Gasteiger partial charge in [0.1, 0.15) is 11.9 Å². The van der Waals surface area contributed by atoms with E-state index in [9.17, 15) is 30.7 Å². The third kappa shape index (κ3) is 4.71. The van der Waals surface area contributed by atoms with Crippen molar-refractivity contribution in [1.82, 2.24) is 10.2 Å². The highest BCUT2D eigenvalue weighted by Gasteiger charge is 2.46. The monoisotopic (exact) mass is 366 g/mol. The standard InChI is InChI=1S/C13H13F7N2.ClH/c14-10-2-1-8(7-9(10)12(15,16)17)11(13(18,19)20)22-5-3-21-4-6-22;/h1-2,7,11,21H,3-6H2;1H/t11-;/m0./s1. The molecule has 23 heavy (non-hydrogen) atoms. The number of hydrogen-bond acceptors (Lipinski definition) is 2. The summed E-state index contributed by atoms with van der Waals surface area (Å²) in [5, 5.41) is 2.87. The fraction of sp³-hybridized carbons (Fsp3) is 0.538. The lowest BCUT2D eigenvalue weighted by Crippen LogP contribution is -2.49. The molecule has 0 radical (unpaired) electrons. The molecule has 2 nitrogen and oxygen atoms in total. The Balaban J connectivity index is 0.00000264. The molecule has 1 atom stereocenters. The number of piperazine rings is 1. The van der Waals surface area contributed by atoms with Crippen LogP contribution in [0.2, 0.25) is 0 Å². The van der Waals surface area contributed by atoms with E-state index >= 15 is 0 Å². The minimum atomic E-state index is -5.04. The molecule has 1 aromatic rings. The topological polar surface area (TPSA) is 15.3 Å². The van der Waals surface area contributed by atoms with Gasteiger partial charge in [0.25, 0.3) is 0 Å². The van der Waals surface area contributed by atoms with E-state index in [0.717, 1.165) is 11.0 Å². The first kappa shape index (κ1) is 20.0. The predicted octanol–water partition coefficient (Wildman–Crippen LogP) is 3.77. The summed E-state index contributed by atoms with van der Waals surface area (Å²) in [6.45, 7) is 0.700. The maximum atomic E-state index is 13.3.